The molecular formula is C24H31N7O3. The molecule has 10 nitrogen and oxygen atoms in total. The van der Waals surface area contributed by atoms with E-state index in [0.717, 1.165) is 11.3 Å². The van der Waals surface area contributed by atoms with Gasteiger partial charge < -0.3 is 21.1 Å². The molecule has 1 heterocycles. The number of carbonyl (C=O) groups excluding carboxylic acids is 2. The van der Waals surface area contributed by atoms with Gasteiger partial charge in [0.15, 0.2) is 5.82 Å². The van der Waals surface area contributed by atoms with Gasteiger partial charge in [0.25, 0.3) is 0 Å². The third-order valence-corrected chi connectivity index (χ3v) is 4.99. The molecule has 1 aromatic heterocycles. The van der Waals surface area contributed by atoms with E-state index in [4.69, 9.17) is 10.5 Å². The van der Waals surface area contributed by atoms with Crippen molar-refractivity contribution in [1.82, 2.24) is 25.5 Å². The van der Waals surface area contributed by atoms with Gasteiger partial charge in [-0.3, -0.25) is 9.59 Å². The Morgan fingerprint density at radius 1 is 1.09 bits per heavy atom. The standard InChI is InChI=1S/C24H31N7O3/c1-24(2,25)23(33)27-20(17-34-16-18-10-5-3-6-11-18)22-28-29-30-31(22)15-9-14-21(32)26-19-12-7-4-8-13-19/h3-8,10-13,20H,9,14-17,25H2,1-2H3,(H,26,32)(H,27,33)/t20-/m1/s1. The monoisotopic (exact) mass is 465 g/mol. The van der Waals surface area contributed by atoms with Crippen molar-refractivity contribution >= 4 is 17.5 Å². The third-order valence-electron chi connectivity index (χ3n) is 4.99. The van der Waals surface area contributed by atoms with Crippen molar-refractivity contribution in [3.8, 4) is 0 Å². The third kappa shape index (κ3) is 7.75. The molecule has 3 aromatic rings. The largest absolute Gasteiger partial charge is 0.374 e. The fourth-order valence-corrected chi connectivity index (χ4v) is 3.15. The minimum atomic E-state index is -1.08. The molecule has 34 heavy (non-hydrogen) atoms. The molecule has 0 aliphatic carbocycles. The summed E-state index contributed by atoms with van der Waals surface area (Å²) >= 11 is 0. The van der Waals surface area contributed by atoms with Crippen molar-refractivity contribution in [2.45, 2.75) is 51.4 Å². The van der Waals surface area contributed by atoms with Crippen LogP contribution in [0.4, 0.5) is 5.69 Å². The van der Waals surface area contributed by atoms with E-state index in [-0.39, 0.29) is 18.4 Å². The molecule has 4 N–H and O–H groups in total. The molecule has 0 saturated carbocycles. The maximum atomic E-state index is 12.6. The van der Waals surface area contributed by atoms with Crippen molar-refractivity contribution in [2.75, 3.05) is 11.9 Å². The first-order chi connectivity index (χ1) is 16.3. The molecule has 0 saturated heterocycles. The summed E-state index contributed by atoms with van der Waals surface area (Å²) in [4.78, 5) is 24.8. The van der Waals surface area contributed by atoms with E-state index in [2.05, 4.69) is 26.2 Å². The molecule has 0 bridgehead atoms. The summed E-state index contributed by atoms with van der Waals surface area (Å²) in [5.41, 5.74) is 6.64. The van der Waals surface area contributed by atoms with Crippen LogP contribution >= 0.6 is 0 Å². The van der Waals surface area contributed by atoms with Crippen LogP contribution in [-0.2, 0) is 27.5 Å². The van der Waals surface area contributed by atoms with Crippen LogP contribution in [0.3, 0.4) is 0 Å². The predicted molar refractivity (Wildman–Crippen MR) is 127 cm³/mol. The highest BCUT2D eigenvalue weighted by molar-refractivity contribution is 5.90. The minimum Gasteiger partial charge on any atom is -0.374 e. The molecular weight excluding hydrogens is 434 g/mol. The number of ether oxygens (including phenoxy) is 1. The van der Waals surface area contributed by atoms with Crippen LogP contribution in [0.25, 0.3) is 0 Å². The lowest BCUT2D eigenvalue weighted by molar-refractivity contribution is -0.126. The second-order valence-electron chi connectivity index (χ2n) is 8.53. The van der Waals surface area contributed by atoms with Gasteiger partial charge in [-0.2, -0.15) is 0 Å². The van der Waals surface area contributed by atoms with Crippen molar-refractivity contribution in [3.05, 3.63) is 72.1 Å². The topological polar surface area (TPSA) is 137 Å². The highest BCUT2D eigenvalue weighted by atomic mass is 16.5. The summed E-state index contributed by atoms with van der Waals surface area (Å²) in [5, 5.41) is 17.7. The van der Waals surface area contributed by atoms with E-state index in [1.165, 1.54) is 0 Å². The van der Waals surface area contributed by atoms with Gasteiger partial charge in [0.1, 0.15) is 6.04 Å². The number of amides is 2. The molecule has 2 aromatic carbocycles. The van der Waals surface area contributed by atoms with Gasteiger partial charge in [-0.05, 0) is 48.4 Å². The number of nitrogens with one attached hydrogen (secondary N) is 2. The fraction of sp³-hybridized carbons (Fsp3) is 0.375. The predicted octanol–water partition coefficient (Wildman–Crippen LogP) is 2.20. The van der Waals surface area contributed by atoms with Gasteiger partial charge in [0.2, 0.25) is 11.8 Å². The summed E-state index contributed by atoms with van der Waals surface area (Å²) in [5.74, 6) is -0.00603. The second-order valence-corrected chi connectivity index (χ2v) is 8.53. The molecule has 2 amide bonds. The number of nitrogens with two attached hydrogens (primary N) is 1. The lowest BCUT2D eigenvalue weighted by Gasteiger charge is -2.23. The molecule has 0 aliphatic rings. The van der Waals surface area contributed by atoms with E-state index >= 15 is 0 Å². The van der Waals surface area contributed by atoms with E-state index in [1.807, 2.05) is 60.7 Å². The zero-order valence-corrected chi connectivity index (χ0v) is 19.5. The smallest absolute Gasteiger partial charge is 0.240 e. The van der Waals surface area contributed by atoms with Crippen molar-refractivity contribution in [2.24, 2.45) is 5.73 Å². The molecule has 10 heteroatoms. The quantitative estimate of drug-likeness (QED) is 0.373. The Hall–Kier alpha value is -3.63. The number of benzene rings is 2. The Kier molecular flexibility index (Phi) is 8.83. The summed E-state index contributed by atoms with van der Waals surface area (Å²) < 4.78 is 7.43. The summed E-state index contributed by atoms with van der Waals surface area (Å²) in [7, 11) is 0. The highest BCUT2D eigenvalue weighted by Crippen LogP contribution is 2.14. The Morgan fingerprint density at radius 2 is 1.76 bits per heavy atom. The number of aromatic nitrogens is 4. The first-order valence-electron chi connectivity index (χ1n) is 11.2. The van der Waals surface area contributed by atoms with Crippen LogP contribution < -0.4 is 16.4 Å². The number of para-hydroxylation sites is 1. The molecule has 3 rings (SSSR count). The average molecular weight is 466 g/mol. The lowest BCUT2D eigenvalue weighted by Crippen LogP contribution is -2.51. The van der Waals surface area contributed by atoms with Gasteiger partial charge in [0.05, 0.1) is 18.8 Å². The van der Waals surface area contributed by atoms with Crippen LogP contribution in [0, 0.1) is 0 Å². The van der Waals surface area contributed by atoms with Gasteiger partial charge >= 0.3 is 0 Å². The Bertz CT molecular complexity index is 1050. The number of nitrogens with zero attached hydrogens (tertiary/aromatic N) is 4. The SMILES string of the molecule is CC(C)(N)C(=O)N[C@H](COCc1ccccc1)c1nnnn1CCCC(=O)Nc1ccccc1. The van der Waals surface area contributed by atoms with Gasteiger partial charge in [-0.1, -0.05) is 48.5 Å². The van der Waals surface area contributed by atoms with E-state index in [9.17, 15) is 9.59 Å². The summed E-state index contributed by atoms with van der Waals surface area (Å²) in [6.07, 6.45) is 0.816. The molecule has 180 valence electrons. The van der Waals surface area contributed by atoms with E-state index < -0.39 is 11.6 Å². The highest BCUT2D eigenvalue weighted by Gasteiger charge is 2.28. The molecule has 0 aliphatic heterocycles. The zero-order chi connectivity index (χ0) is 24.4. The van der Waals surface area contributed by atoms with E-state index in [1.54, 1.807) is 18.5 Å². The van der Waals surface area contributed by atoms with Crippen LogP contribution in [0.5, 0.6) is 0 Å². The summed E-state index contributed by atoms with van der Waals surface area (Å²) in [6, 6.07) is 18.4. The minimum absolute atomic E-state index is 0.0956. The first kappa shape index (κ1) is 25.0. The van der Waals surface area contributed by atoms with Gasteiger partial charge in [-0.25, -0.2) is 4.68 Å². The van der Waals surface area contributed by atoms with Crippen LogP contribution in [0.15, 0.2) is 60.7 Å². The maximum absolute atomic E-state index is 12.6. The number of hydrogen-bond donors (Lipinski definition) is 3. The van der Waals surface area contributed by atoms with Crippen LogP contribution in [-0.4, -0.2) is 44.2 Å². The van der Waals surface area contributed by atoms with E-state index in [0.29, 0.717) is 31.8 Å². The Labute approximate surface area is 198 Å². The zero-order valence-electron chi connectivity index (χ0n) is 19.5. The van der Waals surface area contributed by atoms with Crippen molar-refractivity contribution < 1.29 is 14.3 Å². The lowest BCUT2D eigenvalue weighted by atomic mass is 10.1. The van der Waals surface area contributed by atoms with Crippen molar-refractivity contribution in [3.63, 3.8) is 0 Å². The number of tetrazole rings is 1. The summed E-state index contributed by atoms with van der Waals surface area (Å²) in [6.45, 7) is 4.19. The van der Waals surface area contributed by atoms with Crippen LogP contribution in [0.1, 0.15) is 44.1 Å². The number of hydrogen-bond acceptors (Lipinski definition) is 7. The van der Waals surface area contributed by atoms with Crippen molar-refractivity contribution in [1.29, 1.82) is 0 Å². The Balaban J connectivity index is 1.60. The number of aryl methyl sites for hydroxylation is 1. The first-order valence-corrected chi connectivity index (χ1v) is 11.2. The van der Waals surface area contributed by atoms with Gasteiger partial charge in [-0.15, -0.1) is 5.10 Å². The van der Waals surface area contributed by atoms with Crippen LogP contribution in [0.2, 0.25) is 0 Å². The Morgan fingerprint density at radius 3 is 2.44 bits per heavy atom. The normalized spacial score (nSPS) is 12.2. The number of rotatable bonds is 12. The molecule has 1 atom stereocenters. The maximum Gasteiger partial charge on any atom is 0.240 e. The molecule has 0 unspecified atom stereocenters. The number of carbonyl (C=O) groups is 2. The van der Waals surface area contributed by atoms with Gasteiger partial charge in [0, 0.05) is 18.7 Å². The molecule has 0 spiro atoms. The molecule has 0 radical (unpaired) electrons. The second kappa shape index (κ2) is 12.0. The fourth-order valence-electron chi connectivity index (χ4n) is 3.15. The number of anilines is 1. The average Bonchev–Trinajstić information content (AvgIpc) is 3.27. The molecule has 0 fully saturated rings.